The Kier molecular flexibility index (Phi) is 4.38. The van der Waals surface area contributed by atoms with Gasteiger partial charge >= 0.3 is 0 Å². The van der Waals surface area contributed by atoms with Gasteiger partial charge in [-0.2, -0.15) is 12.6 Å². The molecule has 1 aromatic carbocycles. The quantitative estimate of drug-likeness (QED) is 0.715. The number of nitrogens with zero attached hydrogens (tertiary/aromatic N) is 1. The molecule has 0 aromatic heterocycles. The Labute approximate surface area is 111 Å². The van der Waals surface area contributed by atoms with E-state index in [1.165, 1.54) is 44.5 Å². The van der Waals surface area contributed by atoms with Gasteiger partial charge in [-0.1, -0.05) is 31.5 Å². The molecule has 1 saturated carbocycles. The highest BCUT2D eigenvalue weighted by atomic mass is 32.1. The van der Waals surface area contributed by atoms with Crippen molar-refractivity contribution in [3.05, 3.63) is 30.3 Å². The minimum absolute atomic E-state index is 0.507. The second-order valence-electron chi connectivity index (χ2n) is 5.27. The maximum atomic E-state index is 4.52. The third-order valence-corrected chi connectivity index (χ3v) is 4.39. The predicted molar refractivity (Wildman–Crippen MR) is 79.1 cm³/mol. The van der Waals surface area contributed by atoms with Gasteiger partial charge in [-0.25, -0.2) is 0 Å². The topological polar surface area (TPSA) is 3.24 Å². The molecule has 0 bridgehead atoms. The fourth-order valence-corrected chi connectivity index (χ4v) is 2.65. The van der Waals surface area contributed by atoms with Gasteiger partial charge in [-0.15, -0.1) is 0 Å². The van der Waals surface area contributed by atoms with Crippen molar-refractivity contribution in [2.24, 2.45) is 5.41 Å². The number of benzene rings is 1. The monoisotopic (exact) mass is 249 g/mol. The fourth-order valence-electron chi connectivity index (χ4n) is 2.24. The molecule has 0 N–H and O–H groups in total. The van der Waals surface area contributed by atoms with Crippen LogP contribution in [0.15, 0.2) is 30.3 Å². The van der Waals surface area contributed by atoms with Crippen LogP contribution in [0.25, 0.3) is 0 Å². The zero-order valence-corrected chi connectivity index (χ0v) is 11.6. The van der Waals surface area contributed by atoms with Gasteiger partial charge in [0.1, 0.15) is 0 Å². The van der Waals surface area contributed by atoms with E-state index >= 15 is 0 Å². The minimum Gasteiger partial charge on any atom is -0.371 e. The van der Waals surface area contributed by atoms with Crippen LogP contribution in [0.4, 0.5) is 5.69 Å². The van der Waals surface area contributed by atoms with Crippen LogP contribution in [-0.4, -0.2) is 18.8 Å². The molecular weight excluding hydrogens is 226 g/mol. The third-order valence-electron chi connectivity index (χ3n) is 3.72. The SMILES string of the molecule is CCCCN(CC1(CS)CC1)c1ccccc1. The van der Waals surface area contributed by atoms with E-state index in [2.05, 4.69) is 54.8 Å². The average Bonchev–Trinajstić information content (AvgIpc) is 3.16. The van der Waals surface area contributed by atoms with Crippen LogP contribution in [-0.2, 0) is 0 Å². The van der Waals surface area contributed by atoms with Gasteiger partial charge in [0, 0.05) is 18.8 Å². The molecule has 0 radical (unpaired) electrons. The molecule has 2 heteroatoms. The van der Waals surface area contributed by atoms with E-state index in [0.717, 1.165) is 5.75 Å². The second-order valence-corrected chi connectivity index (χ2v) is 5.58. The van der Waals surface area contributed by atoms with E-state index < -0.39 is 0 Å². The van der Waals surface area contributed by atoms with Crippen LogP contribution in [0.5, 0.6) is 0 Å². The summed E-state index contributed by atoms with van der Waals surface area (Å²) < 4.78 is 0. The molecule has 17 heavy (non-hydrogen) atoms. The lowest BCUT2D eigenvalue weighted by Gasteiger charge is -2.29. The molecule has 1 aromatic rings. The summed E-state index contributed by atoms with van der Waals surface area (Å²) >= 11 is 4.52. The molecule has 0 spiro atoms. The summed E-state index contributed by atoms with van der Waals surface area (Å²) in [7, 11) is 0. The second kappa shape index (κ2) is 5.81. The highest BCUT2D eigenvalue weighted by Crippen LogP contribution is 2.47. The van der Waals surface area contributed by atoms with E-state index in [-0.39, 0.29) is 0 Å². The van der Waals surface area contributed by atoms with Crippen LogP contribution in [0.3, 0.4) is 0 Å². The molecule has 1 nitrogen and oxygen atoms in total. The molecule has 1 aliphatic carbocycles. The van der Waals surface area contributed by atoms with Crippen molar-refractivity contribution in [3.63, 3.8) is 0 Å². The standard InChI is InChI=1S/C15H23NS/c1-2-3-11-16(12-15(13-17)9-10-15)14-7-5-4-6-8-14/h4-8,17H,2-3,9-13H2,1H3. The first-order valence-corrected chi connectivity index (χ1v) is 7.34. The molecule has 0 heterocycles. The summed E-state index contributed by atoms with van der Waals surface area (Å²) in [4.78, 5) is 2.55. The van der Waals surface area contributed by atoms with Gasteiger partial charge in [-0.05, 0) is 42.6 Å². The van der Waals surface area contributed by atoms with E-state index in [9.17, 15) is 0 Å². The van der Waals surface area contributed by atoms with E-state index in [4.69, 9.17) is 0 Å². The highest BCUT2D eigenvalue weighted by molar-refractivity contribution is 7.80. The number of rotatable bonds is 7. The molecule has 0 amide bonds. The Balaban J connectivity index is 2.03. The number of para-hydroxylation sites is 1. The van der Waals surface area contributed by atoms with Crippen molar-refractivity contribution in [3.8, 4) is 0 Å². The summed E-state index contributed by atoms with van der Waals surface area (Å²) in [6.07, 6.45) is 5.24. The van der Waals surface area contributed by atoms with E-state index in [0.29, 0.717) is 5.41 Å². The van der Waals surface area contributed by atoms with Crippen LogP contribution < -0.4 is 4.90 Å². The number of anilines is 1. The van der Waals surface area contributed by atoms with Gasteiger partial charge in [0.2, 0.25) is 0 Å². The first kappa shape index (κ1) is 12.8. The van der Waals surface area contributed by atoms with Crippen LogP contribution in [0.2, 0.25) is 0 Å². The highest BCUT2D eigenvalue weighted by Gasteiger charge is 2.42. The zero-order valence-electron chi connectivity index (χ0n) is 10.7. The van der Waals surface area contributed by atoms with Crippen molar-refractivity contribution in [2.45, 2.75) is 32.6 Å². The minimum atomic E-state index is 0.507. The zero-order chi connectivity index (χ0) is 12.1. The summed E-state index contributed by atoms with van der Waals surface area (Å²) in [5, 5.41) is 0. The first-order chi connectivity index (χ1) is 8.29. The van der Waals surface area contributed by atoms with Crippen LogP contribution >= 0.6 is 12.6 Å². The Morgan fingerprint density at radius 2 is 1.94 bits per heavy atom. The number of unbranched alkanes of at least 4 members (excludes halogenated alkanes) is 1. The molecule has 2 rings (SSSR count). The lowest BCUT2D eigenvalue weighted by atomic mass is 10.1. The molecular formula is C15H23NS. The normalized spacial score (nSPS) is 16.8. The van der Waals surface area contributed by atoms with Crippen LogP contribution in [0.1, 0.15) is 32.6 Å². The Hall–Kier alpha value is -0.630. The average molecular weight is 249 g/mol. The fraction of sp³-hybridized carbons (Fsp3) is 0.600. The molecule has 0 aliphatic heterocycles. The molecule has 94 valence electrons. The Morgan fingerprint density at radius 1 is 1.24 bits per heavy atom. The number of hydrogen-bond donors (Lipinski definition) is 1. The van der Waals surface area contributed by atoms with Gasteiger partial charge in [0.15, 0.2) is 0 Å². The third kappa shape index (κ3) is 3.41. The smallest absolute Gasteiger partial charge is 0.0366 e. The van der Waals surface area contributed by atoms with Crippen molar-refractivity contribution in [1.29, 1.82) is 0 Å². The summed E-state index contributed by atoms with van der Waals surface area (Å²) in [5.41, 5.74) is 1.88. The maximum absolute atomic E-state index is 4.52. The van der Waals surface area contributed by atoms with E-state index in [1.807, 2.05) is 0 Å². The van der Waals surface area contributed by atoms with Gasteiger partial charge in [0.25, 0.3) is 0 Å². The van der Waals surface area contributed by atoms with Crippen molar-refractivity contribution >= 4 is 18.3 Å². The van der Waals surface area contributed by atoms with Crippen molar-refractivity contribution < 1.29 is 0 Å². The summed E-state index contributed by atoms with van der Waals surface area (Å²) in [5.74, 6) is 1.03. The summed E-state index contributed by atoms with van der Waals surface area (Å²) in [6.45, 7) is 4.62. The summed E-state index contributed by atoms with van der Waals surface area (Å²) in [6, 6.07) is 10.8. The van der Waals surface area contributed by atoms with Crippen molar-refractivity contribution in [1.82, 2.24) is 0 Å². The van der Waals surface area contributed by atoms with Gasteiger partial charge < -0.3 is 4.90 Å². The lowest BCUT2D eigenvalue weighted by molar-refractivity contribution is 0.551. The molecule has 0 saturated heterocycles. The van der Waals surface area contributed by atoms with Crippen LogP contribution in [0, 0.1) is 5.41 Å². The largest absolute Gasteiger partial charge is 0.371 e. The lowest BCUT2D eigenvalue weighted by Crippen LogP contribution is -2.32. The Morgan fingerprint density at radius 3 is 2.47 bits per heavy atom. The molecule has 1 aliphatic rings. The van der Waals surface area contributed by atoms with Gasteiger partial charge in [-0.3, -0.25) is 0 Å². The number of hydrogen-bond acceptors (Lipinski definition) is 2. The van der Waals surface area contributed by atoms with Crippen molar-refractivity contribution in [2.75, 3.05) is 23.7 Å². The number of thiol groups is 1. The molecule has 0 atom stereocenters. The maximum Gasteiger partial charge on any atom is 0.0366 e. The molecule has 0 unspecified atom stereocenters. The Bertz CT molecular complexity index is 332. The first-order valence-electron chi connectivity index (χ1n) is 6.70. The molecule has 1 fully saturated rings. The van der Waals surface area contributed by atoms with Gasteiger partial charge in [0.05, 0.1) is 0 Å². The predicted octanol–water partition coefficient (Wildman–Crippen LogP) is 4.00. The van der Waals surface area contributed by atoms with E-state index in [1.54, 1.807) is 0 Å².